The Hall–Kier alpha value is -1.70. The summed E-state index contributed by atoms with van der Waals surface area (Å²) >= 11 is 2.96. The van der Waals surface area contributed by atoms with Crippen molar-refractivity contribution < 1.29 is 23.1 Å². The van der Waals surface area contributed by atoms with Gasteiger partial charge in [-0.2, -0.15) is 0 Å². The lowest BCUT2D eigenvalue weighted by Crippen LogP contribution is -2.56. The van der Waals surface area contributed by atoms with Crippen LogP contribution in [0.4, 0.5) is 13.6 Å². The molecule has 0 radical (unpaired) electrons. The number of carbonyl (C=O) groups is 2. The summed E-state index contributed by atoms with van der Waals surface area (Å²) in [5.41, 5.74) is -1.21. The summed E-state index contributed by atoms with van der Waals surface area (Å²) in [6.45, 7) is 7.68. The first-order valence-corrected chi connectivity index (χ1v) is 8.73. The molecular weight excluding hydrogens is 398 g/mol. The third kappa shape index (κ3) is 4.48. The minimum absolute atomic E-state index is 0.0253. The number of halogens is 3. The minimum atomic E-state index is -0.924. The van der Waals surface area contributed by atoms with Crippen LogP contribution in [0.5, 0.6) is 0 Å². The van der Waals surface area contributed by atoms with Crippen LogP contribution in [0, 0.1) is 11.6 Å². The van der Waals surface area contributed by atoms with Crippen molar-refractivity contribution in [2.45, 2.75) is 39.3 Å². The summed E-state index contributed by atoms with van der Waals surface area (Å²) in [4.78, 5) is 27.6. The summed E-state index contributed by atoms with van der Waals surface area (Å²) in [6.07, 6.45) is -0.466. The normalized spacial score (nSPS) is 18.3. The molecular formula is C17H21BrF2N2O3. The van der Waals surface area contributed by atoms with E-state index in [1.807, 2.05) is 0 Å². The maximum absolute atomic E-state index is 14.2. The van der Waals surface area contributed by atoms with Gasteiger partial charge in [-0.15, -0.1) is 0 Å². The van der Waals surface area contributed by atoms with Crippen molar-refractivity contribution in [3.05, 3.63) is 33.8 Å². The van der Waals surface area contributed by atoms with Crippen molar-refractivity contribution in [3.63, 3.8) is 0 Å². The van der Waals surface area contributed by atoms with Crippen LogP contribution in [0.1, 0.15) is 38.1 Å². The first kappa shape index (κ1) is 19.6. The Morgan fingerprint density at radius 1 is 1.24 bits per heavy atom. The molecule has 138 valence electrons. The SMILES string of the molecule is C[C@H]1CN(C(=O)OC(C)(C)C)CCN1C(=O)c1c(F)ccc(Br)c1F. The predicted octanol–water partition coefficient (Wildman–Crippen LogP) is 3.81. The Balaban J connectivity index is 2.13. The fourth-order valence-electron chi connectivity index (χ4n) is 2.62. The Bertz CT molecular complexity index is 691. The summed E-state index contributed by atoms with van der Waals surface area (Å²) in [5.74, 6) is -2.56. The molecule has 2 rings (SSSR count). The lowest BCUT2D eigenvalue weighted by atomic mass is 10.1. The van der Waals surface area contributed by atoms with E-state index >= 15 is 0 Å². The molecule has 0 saturated carbocycles. The molecule has 0 aliphatic carbocycles. The van der Waals surface area contributed by atoms with Gasteiger partial charge in [-0.3, -0.25) is 4.79 Å². The third-order valence-electron chi connectivity index (χ3n) is 3.80. The third-order valence-corrected chi connectivity index (χ3v) is 4.41. The largest absolute Gasteiger partial charge is 0.444 e. The zero-order valence-corrected chi connectivity index (χ0v) is 16.2. The molecule has 25 heavy (non-hydrogen) atoms. The molecule has 8 heteroatoms. The molecule has 5 nitrogen and oxygen atoms in total. The van der Waals surface area contributed by atoms with Crippen LogP contribution < -0.4 is 0 Å². The average molecular weight is 419 g/mol. The molecule has 1 aliphatic rings. The van der Waals surface area contributed by atoms with Gasteiger partial charge in [0.1, 0.15) is 17.0 Å². The second-order valence-corrected chi connectivity index (χ2v) is 7.85. The first-order valence-electron chi connectivity index (χ1n) is 7.93. The van der Waals surface area contributed by atoms with Crippen LogP contribution in [0.15, 0.2) is 16.6 Å². The van der Waals surface area contributed by atoms with E-state index in [0.29, 0.717) is 0 Å². The molecule has 1 aromatic rings. The van der Waals surface area contributed by atoms with Crippen molar-refractivity contribution in [1.29, 1.82) is 0 Å². The van der Waals surface area contributed by atoms with Crippen molar-refractivity contribution >= 4 is 27.9 Å². The zero-order chi connectivity index (χ0) is 18.9. The van der Waals surface area contributed by atoms with Gasteiger partial charge in [0.2, 0.25) is 0 Å². The smallest absolute Gasteiger partial charge is 0.410 e. The molecule has 1 heterocycles. The summed E-state index contributed by atoms with van der Waals surface area (Å²) in [7, 11) is 0. The number of benzene rings is 1. The van der Waals surface area contributed by atoms with Gasteiger partial charge in [-0.25, -0.2) is 13.6 Å². The van der Waals surface area contributed by atoms with Crippen LogP contribution in [-0.4, -0.2) is 53.1 Å². The van der Waals surface area contributed by atoms with E-state index < -0.39 is 40.8 Å². The number of piperazine rings is 1. The number of amides is 2. The van der Waals surface area contributed by atoms with Crippen molar-refractivity contribution in [1.82, 2.24) is 9.80 Å². The highest BCUT2D eigenvalue weighted by atomic mass is 79.9. The van der Waals surface area contributed by atoms with Crippen LogP contribution in [0.2, 0.25) is 0 Å². The highest BCUT2D eigenvalue weighted by molar-refractivity contribution is 9.10. The van der Waals surface area contributed by atoms with Crippen LogP contribution in [-0.2, 0) is 4.74 Å². The lowest BCUT2D eigenvalue weighted by Gasteiger charge is -2.40. The van der Waals surface area contributed by atoms with Gasteiger partial charge in [0.05, 0.1) is 4.47 Å². The molecule has 0 unspecified atom stereocenters. The predicted molar refractivity (Wildman–Crippen MR) is 92.4 cm³/mol. The molecule has 1 aliphatic heterocycles. The molecule has 0 N–H and O–H groups in total. The Labute approximate surface area is 154 Å². The molecule has 0 spiro atoms. The zero-order valence-electron chi connectivity index (χ0n) is 14.6. The van der Waals surface area contributed by atoms with Gasteiger partial charge in [0, 0.05) is 25.7 Å². The van der Waals surface area contributed by atoms with Crippen LogP contribution in [0.25, 0.3) is 0 Å². The summed E-state index contributed by atoms with van der Waals surface area (Å²) in [6, 6.07) is 1.86. The fraction of sp³-hybridized carbons (Fsp3) is 0.529. The van der Waals surface area contributed by atoms with E-state index in [1.165, 1.54) is 15.9 Å². The van der Waals surface area contributed by atoms with Crippen molar-refractivity contribution in [2.75, 3.05) is 19.6 Å². The van der Waals surface area contributed by atoms with Crippen molar-refractivity contribution in [3.8, 4) is 0 Å². The van der Waals surface area contributed by atoms with E-state index in [2.05, 4.69) is 15.9 Å². The highest BCUT2D eigenvalue weighted by Gasteiger charge is 2.34. The van der Waals surface area contributed by atoms with E-state index in [0.717, 1.165) is 6.07 Å². The number of carbonyl (C=O) groups excluding carboxylic acids is 2. The molecule has 1 atom stereocenters. The number of ether oxygens (including phenoxy) is 1. The first-order chi connectivity index (χ1) is 11.5. The molecule has 0 bridgehead atoms. The molecule has 1 fully saturated rings. The van der Waals surface area contributed by atoms with Gasteiger partial charge in [0.25, 0.3) is 5.91 Å². The van der Waals surface area contributed by atoms with Crippen LogP contribution >= 0.6 is 15.9 Å². The molecule has 1 saturated heterocycles. The number of hydrogen-bond donors (Lipinski definition) is 0. The summed E-state index contributed by atoms with van der Waals surface area (Å²) in [5, 5.41) is 0. The van der Waals surface area contributed by atoms with Gasteiger partial charge in [-0.05, 0) is 55.8 Å². The van der Waals surface area contributed by atoms with E-state index in [-0.39, 0.29) is 24.1 Å². The van der Waals surface area contributed by atoms with Gasteiger partial charge in [0.15, 0.2) is 5.82 Å². The monoisotopic (exact) mass is 418 g/mol. The highest BCUT2D eigenvalue weighted by Crippen LogP contribution is 2.25. The molecule has 2 amide bonds. The maximum Gasteiger partial charge on any atom is 0.410 e. The van der Waals surface area contributed by atoms with E-state index in [4.69, 9.17) is 4.74 Å². The number of rotatable bonds is 1. The van der Waals surface area contributed by atoms with Crippen LogP contribution in [0.3, 0.4) is 0 Å². The molecule has 0 aromatic heterocycles. The Morgan fingerprint density at radius 3 is 2.44 bits per heavy atom. The van der Waals surface area contributed by atoms with Gasteiger partial charge in [-0.1, -0.05) is 0 Å². The number of nitrogens with zero attached hydrogens (tertiary/aromatic N) is 2. The van der Waals surface area contributed by atoms with E-state index in [1.54, 1.807) is 27.7 Å². The number of hydrogen-bond acceptors (Lipinski definition) is 3. The Kier molecular flexibility index (Phi) is 5.71. The maximum atomic E-state index is 14.2. The second-order valence-electron chi connectivity index (χ2n) is 6.99. The summed E-state index contributed by atoms with van der Waals surface area (Å²) < 4.78 is 33.5. The Morgan fingerprint density at radius 2 is 1.88 bits per heavy atom. The quantitative estimate of drug-likeness (QED) is 0.651. The van der Waals surface area contributed by atoms with E-state index in [9.17, 15) is 18.4 Å². The van der Waals surface area contributed by atoms with Gasteiger partial charge >= 0.3 is 6.09 Å². The molecule has 1 aromatic carbocycles. The average Bonchev–Trinajstić information content (AvgIpc) is 2.49. The minimum Gasteiger partial charge on any atom is -0.444 e. The second kappa shape index (κ2) is 7.27. The topological polar surface area (TPSA) is 49.9 Å². The standard InChI is InChI=1S/C17H21BrF2N2O3/c1-10-9-21(16(24)25-17(2,3)4)7-8-22(10)15(23)13-12(19)6-5-11(18)14(13)20/h5-6,10H,7-9H2,1-4H3/t10-/m0/s1. The van der Waals surface area contributed by atoms with Crippen molar-refractivity contribution in [2.24, 2.45) is 0 Å². The van der Waals surface area contributed by atoms with Gasteiger partial charge < -0.3 is 14.5 Å². The lowest BCUT2D eigenvalue weighted by molar-refractivity contribution is 0.00596. The fourth-order valence-corrected chi connectivity index (χ4v) is 2.95.